The maximum Gasteiger partial charge on any atom is 0.275 e. The first-order chi connectivity index (χ1) is 10.5. The van der Waals surface area contributed by atoms with E-state index in [1.54, 1.807) is 36.1 Å². The van der Waals surface area contributed by atoms with E-state index in [0.29, 0.717) is 16.9 Å². The molecule has 1 aromatic carbocycles. The number of carbonyl (C=O) groups is 1. The molecule has 0 unspecified atom stereocenters. The van der Waals surface area contributed by atoms with Crippen molar-refractivity contribution >= 4 is 22.5 Å². The molecule has 0 radical (unpaired) electrons. The van der Waals surface area contributed by atoms with Gasteiger partial charge in [0.1, 0.15) is 6.54 Å². The van der Waals surface area contributed by atoms with Crippen molar-refractivity contribution in [1.29, 1.82) is 0 Å². The van der Waals surface area contributed by atoms with E-state index in [1.165, 1.54) is 4.68 Å². The molecule has 1 amide bonds. The molecular formula is C15H15N5O2. The Morgan fingerprint density at radius 3 is 2.59 bits per heavy atom. The summed E-state index contributed by atoms with van der Waals surface area (Å²) in [5.74, 6) is 0.0982. The molecule has 7 heteroatoms. The second kappa shape index (κ2) is 5.44. The Hall–Kier alpha value is -2.96. The average Bonchev–Trinajstić information content (AvgIpc) is 2.89. The highest BCUT2D eigenvalue weighted by Gasteiger charge is 2.11. The maximum atomic E-state index is 12.4. The number of anilines is 1. The van der Waals surface area contributed by atoms with Crippen molar-refractivity contribution in [3.05, 3.63) is 52.6 Å². The summed E-state index contributed by atoms with van der Waals surface area (Å²) in [6, 6.07) is 8.91. The van der Waals surface area contributed by atoms with Gasteiger partial charge in [0.25, 0.3) is 5.56 Å². The molecule has 0 saturated heterocycles. The van der Waals surface area contributed by atoms with Crippen molar-refractivity contribution in [1.82, 2.24) is 19.6 Å². The molecule has 0 atom stereocenters. The van der Waals surface area contributed by atoms with Crippen molar-refractivity contribution in [2.75, 3.05) is 5.32 Å². The van der Waals surface area contributed by atoms with Gasteiger partial charge in [0, 0.05) is 24.7 Å². The van der Waals surface area contributed by atoms with Crippen LogP contribution in [0.3, 0.4) is 0 Å². The summed E-state index contributed by atoms with van der Waals surface area (Å²) in [5, 5.41) is 12.3. The van der Waals surface area contributed by atoms with E-state index in [2.05, 4.69) is 15.5 Å². The predicted molar refractivity (Wildman–Crippen MR) is 82.6 cm³/mol. The van der Waals surface area contributed by atoms with Crippen LogP contribution in [0.5, 0.6) is 0 Å². The Bertz CT molecular complexity index is 910. The Labute approximate surface area is 126 Å². The number of nitrogens with zero attached hydrogens (tertiary/aromatic N) is 4. The molecular weight excluding hydrogens is 282 g/mol. The summed E-state index contributed by atoms with van der Waals surface area (Å²) in [4.78, 5) is 24.4. The largest absolute Gasteiger partial charge is 0.308 e. The molecule has 0 aliphatic carbocycles. The van der Waals surface area contributed by atoms with Gasteiger partial charge in [-0.1, -0.05) is 18.2 Å². The average molecular weight is 297 g/mol. The third-order valence-electron chi connectivity index (χ3n) is 3.33. The minimum Gasteiger partial charge on any atom is -0.308 e. The van der Waals surface area contributed by atoms with Gasteiger partial charge in [0.05, 0.1) is 11.1 Å². The molecule has 0 fully saturated rings. The summed E-state index contributed by atoms with van der Waals surface area (Å²) < 4.78 is 2.76. The maximum absolute atomic E-state index is 12.4. The lowest BCUT2D eigenvalue weighted by molar-refractivity contribution is -0.117. The molecule has 22 heavy (non-hydrogen) atoms. The van der Waals surface area contributed by atoms with Crippen LogP contribution in [0.25, 0.3) is 10.8 Å². The van der Waals surface area contributed by atoms with E-state index in [1.807, 2.05) is 19.1 Å². The van der Waals surface area contributed by atoms with E-state index >= 15 is 0 Å². The Kier molecular flexibility index (Phi) is 3.46. The van der Waals surface area contributed by atoms with Crippen molar-refractivity contribution in [2.45, 2.75) is 13.5 Å². The minimum absolute atomic E-state index is 0.152. The van der Waals surface area contributed by atoms with Gasteiger partial charge in [-0.15, -0.1) is 0 Å². The van der Waals surface area contributed by atoms with E-state index in [0.717, 1.165) is 5.39 Å². The van der Waals surface area contributed by atoms with Crippen molar-refractivity contribution < 1.29 is 4.79 Å². The second-order valence-corrected chi connectivity index (χ2v) is 5.02. The number of amides is 1. The normalized spacial score (nSPS) is 10.8. The lowest BCUT2D eigenvalue weighted by Crippen LogP contribution is -2.30. The first kappa shape index (κ1) is 14.0. The van der Waals surface area contributed by atoms with Gasteiger partial charge in [-0.3, -0.25) is 14.3 Å². The molecule has 2 heterocycles. The predicted octanol–water partition coefficient (Wildman–Crippen LogP) is 1.08. The summed E-state index contributed by atoms with van der Waals surface area (Å²) in [6.45, 7) is 1.66. The molecule has 3 rings (SSSR count). The number of benzene rings is 1. The van der Waals surface area contributed by atoms with Gasteiger partial charge < -0.3 is 5.32 Å². The molecule has 0 saturated carbocycles. The summed E-state index contributed by atoms with van der Waals surface area (Å²) in [6.07, 6.45) is 1.72. The molecule has 0 spiro atoms. The first-order valence-electron chi connectivity index (χ1n) is 6.80. The van der Waals surface area contributed by atoms with E-state index in [9.17, 15) is 9.59 Å². The van der Waals surface area contributed by atoms with E-state index < -0.39 is 0 Å². The van der Waals surface area contributed by atoms with Crippen molar-refractivity contribution in [3.63, 3.8) is 0 Å². The molecule has 112 valence electrons. The first-order valence-corrected chi connectivity index (χ1v) is 6.80. The third-order valence-corrected chi connectivity index (χ3v) is 3.33. The third kappa shape index (κ3) is 2.60. The zero-order valence-corrected chi connectivity index (χ0v) is 12.3. The van der Waals surface area contributed by atoms with Gasteiger partial charge >= 0.3 is 0 Å². The van der Waals surface area contributed by atoms with Gasteiger partial charge in [-0.25, -0.2) is 4.68 Å². The number of aryl methyl sites for hydroxylation is 2. The summed E-state index contributed by atoms with van der Waals surface area (Å²) >= 11 is 0. The fourth-order valence-electron chi connectivity index (χ4n) is 2.31. The van der Waals surface area contributed by atoms with Gasteiger partial charge in [0.15, 0.2) is 5.82 Å². The molecule has 7 nitrogen and oxygen atoms in total. The van der Waals surface area contributed by atoms with Crippen LogP contribution in [-0.4, -0.2) is 25.5 Å². The molecule has 2 aromatic heterocycles. The standard InChI is InChI=1S/C15H15N5O2/c1-10-11-5-3-4-6-12(11)15(22)20(17-10)9-14(21)16-13-7-8-19(2)18-13/h3-8H,9H2,1-2H3,(H,16,18,21). The van der Waals surface area contributed by atoms with Crippen LogP contribution in [0.1, 0.15) is 5.69 Å². The number of rotatable bonds is 3. The molecule has 0 bridgehead atoms. The monoisotopic (exact) mass is 297 g/mol. The van der Waals surface area contributed by atoms with Crippen molar-refractivity contribution in [3.8, 4) is 0 Å². The lowest BCUT2D eigenvalue weighted by atomic mass is 10.1. The Morgan fingerprint density at radius 1 is 1.18 bits per heavy atom. The SMILES string of the molecule is Cc1nn(CC(=O)Nc2ccn(C)n2)c(=O)c2ccccc12. The number of aromatic nitrogens is 4. The molecule has 0 aliphatic heterocycles. The van der Waals surface area contributed by atoms with Crippen LogP contribution >= 0.6 is 0 Å². The van der Waals surface area contributed by atoms with Crippen LogP contribution < -0.4 is 10.9 Å². The fourth-order valence-corrected chi connectivity index (χ4v) is 2.31. The topological polar surface area (TPSA) is 81.8 Å². The van der Waals surface area contributed by atoms with E-state index in [-0.39, 0.29) is 18.0 Å². The Morgan fingerprint density at radius 2 is 1.91 bits per heavy atom. The van der Waals surface area contributed by atoms with Crippen LogP contribution in [0.15, 0.2) is 41.3 Å². The molecule has 1 N–H and O–H groups in total. The van der Waals surface area contributed by atoms with Crippen LogP contribution in [0.2, 0.25) is 0 Å². The number of fused-ring (bicyclic) bond motifs is 1. The van der Waals surface area contributed by atoms with E-state index in [4.69, 9.17) is 0 Å². The van der Waals surface area contributed by atoms with Crippen molar-refractivity contribution in [2.24, 2.45) is 7.05 Å². The summed E-state index contributed by atoms with van der Waals surface area (Å²) in [7, 11) is 1.76. The highest BCUT2D eigenvalue weighted by Crippen LogP contribution is 2.11. The minimum atomic E-state index is -0.344. The van der Waals surface area contributed by atoms with Gasteiger partial charge in [-0.2, -0.15) is 10.2 Å². The van der Waals surface area contributed by atoms with Crippen LogP contribution in [0, 0.1) is 6.92 Å². The summed E-state index contributed by atoms with van der Waals surface area (Å²) in [5.41, 5.74) is 0.429. The highest BCUT2D eigenvalue weighted by atomic mass is 16.2. The Balaban J connectivity index is 1.89. The number of nitrogens with one attached hydrogen (secondary N) is 1. The zero-order chi connectivity index (χ0) is 15.7. The fraction of sp³-hybridized carbons (Fsp3) is 0.200. The quantitative estimate of drug-likeness (QED) is 0.784. The molecule has 3 aromatic rings. The highest BCUT2D eigenvalue weighted by molar-refractivity contribution is 5.90. The zero-order valence-electron chi connectivity index (χ0n) is 12.3. The number of carbonyl (C=O) groups excluding carboxylic acids is 1. The van der Waals surface area contributed by atoms with Crippen LogP contribution in [0.4, 0.5) is 5.82 Å². The van der Waals surface area contributed by atoms with Crippen LogP contribution in [-0.2, 0) is 18.4 Å². The number of hydrogen-bond donors (Lipinski definition) is 1. The number of hydrogen-bond acceptors (Lipinski definition) is 4. The van der Waals surface area contributed by atoms with Gasteiger partial charge in [0.2, 0.25) is 5.91 Å². The smallest absolute Gasteiger partial charge is 0.275 e. The second-order valence-electron chi connectivity index (χ2n) is 5.02. The lowest BCUT2D eigenvalue weighted by Gasteiger charge is -2.08. The molecule has 0 aliphatic rings. The van der Waals surface area contributed by atoms with Gasteiger partial charge in [-0.05, 0) is 13.0 Å².